The highest BCUT2D eigenvalue weighted by Crippen LogP contribution is 2.26. The van der Waals surface area contributed by atoms with Crippen molar-refractivity contribution in [2.45, 2.75) is 44.1 Å². The van der Waals surface area contributed by atoms with Gasteiger partial charge in [-0.2, -0.15) is 0 Å². The lowest BCUT2D eigenvalue weighted by molar-refractivity contribution is -0.141. The van der Waals surface area contributed by atoms with E-state index in [4.69, 9.17) is 16.3 Å². The van der Waals surface area contributed by atoms with Crippen LogP contribution >= 0.6 is 11.6 Å². The molecule has 3 heterocycles. The summed E-state index contributed by atoms with van der Waals surface area (Å²) < 4.78 is 20.6. The number of amides is 2. The van der Waals surface area contributed by atoms with E-state index >= 15 is 0 Å². The topological polar surface area (TPSA) is 169 Å². The molecule has 0 aliphatic carbocycles. The molecule has 2 aliphatic heterocycles. The molecule has 2 aromatic rings. The quantitative estimate of drug-likeness (QED) is 0.188. The van der Waals surface area contributed by atoms with Gasteiger partial charge in [0.1, 0.15) is 11.6 Å². The molecule has 1 atom stereocenters. The van der Waals surface area contributed by atoms with E-state index in [0.717, 1.165) is 38.8 Å². The fourth-order valence-electron chi connectivity index (χ4n) is 5.43. The Labute approximate surface area is 260 Å². The minimum absolute atomic E-state index is 0.0277. The number of carbonyl (C=O) groups excluding carboxylic acids is 2. The monoisotopic (exact) mass is 637 g/mol. The van der Waals surface area contributed by atoms with Gasteiger partial charge in [-0.1, -0.05) is 17.7 Å². The molecule has 14 heteroatoms. The number of likely N-dealkylation sites (tertiary alicyclic amines) is 1. The summed E-state index contributed by atoms with van der Waals surface area (Å²) in [4.78, 5) is 37.5. The number of aromatic nitrogens is 2. The molecule has 4 rings (SSSR count). The summed E-state index contributed by atoms with van der Waals surface area (Å²) in [7, 11) is 0. The van der Waals surface area contributed by atoms with Gasteiger partial charge < -0.3 is 40.3 Å². The third kappa shape index (κ3) is 8.54. The van der Waals surface area contributed by atoms with Crippen molar-refractivity contribution in [3.63, 3.8) is 0 Å². The number of hydrogen-bond donors (Lipinski definition) is 5. The zero-order chi connectivity index (χ0) is 31.7. The number of aliphatic hydroxyl groups is 4. The molecule has 2 amide bonds. The smallest absolute Gasteiger partial charge is 0.253 e. The molecule has 2 aliphatic rings. The van der Waals surface area contributed by atoms with Crippen molar-refractivity contribution in [2.75, 3.05) is 64.1 Å². The molecule has 12 nitrogen and oxygen atoms in total. The van der Waals surface area contributed by atoms with Crippen LogP contribution in [0.25, 0.3) is 0 Å². The number of rotatable bonds is 14. The second-order valence-corrected chi connectivity index (χ2v) is 12.2. The van der Waals surface area contributed by atoms with E-state index in [1.165, 1.54) is 17.0 Å². The molecule has 5 N–H and O–H groups in total. The fourth-order valence-corrected chi connectivity index (χ4v) is 5.53. The van der Waals surface area contributed by atoms with Crippen LogP contribution in [0.4, 0.5) is 10.3 Å². The standard InChI is InChI=1S/C30H41ClFN5O7/c31-23-14-33-28(34-15-23)36-8-5-21(6-9-36)2-1-11-44-24-4-3-22(25(32)13-24)12-26(41)37-10-7-30(43,17-37)27(42)35-16-29(18-38,19-39)20-40/h3-4,13-15,21,38-40,43H,1-2,5-12,16-20H2,(H,35,42). The number of nitrogens with one attached hydrogen (secondary N) is 1. The first kappa shape index (κ1) is 33.8. The first-order valence-corrected chi connectivity index (χ1v) is 15.2. The lowest BCUT2D eigenvalue weighted by atomic mass is 9.90. The van der Waals surface area contributed by atoms with Crippen LogP contribution in [0.2, 0.25) is 5.02 Å². The van der Waals surface area contributed by atoms with Gasteiger partial charge in [0.15, 0.2) is 5.60 Å². The molecule has 0 radical (unpaired) electrons. The molecular formula is C30H41ClFN5O7. The average molecular weight is 638 g/mol. The van der Waals surface area contributed by atoms with Crippen molar-refractivity contribution in [1.29, 1.82) is 0 Å². The molecule has 0 saturated carbocycles. The number of carbonyl (C=O) groups is 2. The minimum Gasteiger partial charge on any atom is -0.493 e. The number of nitrogens with zero attached hydrogens (tertiary/aromatic N) is 4. The third-order valence-corrected chi connectivity index (χ3v) is 8.74. The van der Waals surface area contributed by atoms with Crippen LogP contribution < -0.4 is 15.0 Å². The van der Waals surface area contributed by atoms with Crippen molar-refractivity contribution in [3.8, 4) is 5.75 Å². The van der Waals surface area contributed by atoms with Crippen molar-refractivity contribution in [2.24, 2.45) is 11.3 Å². The molecule has 0 bridgehead atoms. The van der Waals surface area contributed by atoms with Crippen molar-refractivity contribution < 1.29 is 39.1 Å². The van der Waals surface area contributed by atoms with E-state index < -0.39 is 48.5 Å². The van der Waals surface area contributed by atoms with Gasteiger partial charge >= 0.3 is 0 Å². The number of anilines is 1. The molecule has 2 fully saturated rings. The van der Waals surface area contributed by atoms with Gasteiger partial charge in [-0.25, -0.2) is 14.4 Å². The van der Waals surface area contributed by atoms with Gasteiger partial charge in [0.05, 0.1) is 62.2 Å². The van der Waals surface area contributed by atoms with Crippen LogP contribution in [0.5, 0.6) is 5.75 Å². The Morgan fingerprint density at radius 1 is 1.11 bits per heavy atom. The van der Waals surface area contributed by atoms with Crippen LogP contribution in [0.3, 0.4) is 0 Å². The van der Waals surface area contributed by atoms with E-state index in [1.54, 1.807) is 18.5 Å². The van der Waals surface area contributed by atoms with Crippen molar-refractivity contribution >= 4 is 29.4 Å². The molecule has 44 heavy (non-hydrogen) atoms. The summed E-state index contributed by atoms with van der Waals surface area (Å²) in [6, 6.07) is 4.39. The Kier molecular flexibility index (Phi) is 11.7. The number of halogens is 2. The molecule has 2 saturated heterocycles. The summed E-state index contributed by atoms with van der Waals surface area (Å²) in [5.41, 5.74) is -3.03. The second kappa shape index (κ2) is 15.3. The summed E-state index contributed by atoms with van der Waals surface area (Å²) in [5, 5.41) is 42.0. The molecule has 1 unspecified atom stereocenters. The lowest BCUT2D eigenvalue weighted by Crippen LogP contribution is -2.53. The van der Waals surface area contributed by atoms with E-state index in [-0.39, 0.29) is 38.0 Å². The summed E-state index contributed by atoms with van der Waals surface area (Å²) in [6.07, 6.45) is 6.81. The van der Waals surface area contributed by atoms with E-state index in [1.807, 2.05) is 0 Å². The Morgan fingerprint density at radius 2 is 1.80 bits per heavy atom. The predicted molar refractivity (Wildman–Crippen MR) is 160 cm³/mol. The average Bonchev–Trinajstić information content (AvgIpc) is 3.45. The Bertz CT molecular complexity index is 1250. The molecule has 1 aromatic heterocycles. The zero-order valence-corrected chi connectivity index (χ0v) is 25.4. The highest BCUT2D eigenvalue weighted by atomic mass is 35.5. The predicted octanol–water partition coefficient (Wildman–Crippen LogP) is 0.930. The van der Waals surface area contributed by atoms with Crippen LogP contribution in [-0.2, 0) is 16.0 Å². The normalized spacial score (nSPS) is 19.3. The van der Waals surface area contributed by atoms with Crippen molar-refractivity contribution in [1.82, 2.24) is 20.2 Å². The Balaban J connectivity index is 1.17. The number of benzene rings is 1. The van der Waals surface area contributed by atoms with Gasteiger partial charge in [-0.05, 0) is 43.2 Å². The van der Waals surface area contributed by atoms with Crippen LogP contribution in [0, 0.1) is 17.2 Å². The van der Waals surface area contributed by atoms with Crippen LogP contribution in [0.1, 0.15) is 37.7 Å². The maximum Gasteiger partial charge on any atom is 0.253 e. The highest BCUT2D eigenvalue weighted by molar-refractivity contribution is 6.30. The fraction of sp³-hybridized carbons (Fsp3) is 0.600. The second-order valence-electron chi connectivity index (χ2n) is 11.8. The molecule has 0 spiro atoms. The lowest BCUT2D eigenvalue weighted by Gasteiger charge is -2.31. The summed E-state index contributed by atoms with van der Waals surface area (Å²) >= 11 is 5.87. The first-order chi connectivity index (χ1) is 21.1. The minimum atomic E-state index is -1.87. The number of ether oxygens (including phenoxy) is 1. The number of hydrogen-bond acceptors (Lipinski definition) is 10. The Morgan fingerprint density at radius 3 is 2.43 bits per heavy atom. The highest BCUT2D eigenvalue weighted by Gasteiger charge is 2.45. The molecule has 242 valence electrons. The first-order valence-electron chi connectivity index (χ1n) is 14.8. The van der Waals surface area contributed by atoms with E-state index in [2.05, 4.69) is 20.2 Å². The van der Waals surface area contributed by atoms with Gasteiger partial charge in [0.25, 0.3) is 5.91 Å². The summed E-state index contributed by atoms with van der Waals surface area (Å²) in [6.45, 7) is 0.0624. The number of β-amino-alcohol motifs (C(OH)–C–C–N with tert-alkyl or cyclic N) is 1. The van der Waals surface area contributed by atoms with Gasteiger partial charge in [0.2, 0.25) is 11.9 Å². The summed E-state index contributed by atoms with van der Waals surface area (Å²) in [5.74, 6) is -0.156. The zero-order valence-electron chi connectivity index (χ0n) is 24.6. The maximum atomic E-state index is 14.8. The largest absolute Gasteiger partial charge is 0.493 e. The van der Waals surface area contributed by atoms with Crippen LogP contribution in [0.15, 0.2) is 30.6 Å². The Hall–Kier alpha value is -3.10. The van der Waals surface area contributed by atoms with Crippen molar-refractivity contribution in [3.05, 3.63) is 47.0 Å². The number of aliphatic hydroxyl groups excluding tert-OH is 3. The van der Waals surface area contributed by atoms with E-state index in [9.17, 15) is 34.4 Å². The van der Waals surface area contributed by atoms with Crippen LogP contribution in [-0.4, -0.2) is 112 Å². The van der Waals surface area contributed by atoms with E-state index in [0.29, 0.717) is 29.2 Å². The molecule has 1 aromatic carbocycles. The van der Waals surface area contributed by atoms with Gasteiger partial charge in [0, 0.05) is 38.7 Å². The third-order valence-electron chi connectivity index (χ3n) is 8.55. The maximum absolute atomic E-state index is 14.8. The number of piperidine rings is 1. The molecular weight excluding hydrogens is 597 g/mol. The SMILES string of the molecule is O=C(Cc1ccc(OCCCC2CCN(c3ncc(Cl)cn3)CC2)cc1F)N1CCC(O)(C(=O)NCC(CO)(CO)CO)C1. The van der Waals surface area contributed by atoms with Gasteiger partial charge in [-0.15, -0.1) is 0 Å². The van der Waals surface area contributed by atoms with Gasteiger partial charge in [-0.3, -0.25) is 9.59 Å².